The van der Waals surface area contributed by atoms with Gasteiger partial charge in [0.15, 0.2) is 11.5 Å². The van der Waals surface area contributed by atoms with E-state index in [0.717, 1.165) is 33.1 Å². The number of fused-ring (bicyclic) bond motifs is 2. The quantitative estimate of drug-likeness (QED) is 0.312. The minimum atomic E-state index is 0.135. The lowest BCUT2D eigenvalue weighted by Crippen LogP contribution is -2.05. The molecular weight excluding hydrogens is 450 g/mol. The van der Waals surface area contributed by atoms with Crippen LogP contribution in [0, 0.1) is 11.3 Å². The predicted octanol–water partition coefficient (Wildman–Crippen LogP) is 6.36. The standard InChI is InChI=1S/C28H21N7O/c1-17(2)26-25-21(20-14-18-6-3-4-8-22(18)31-16-20)10-12-30-28(25)35(33-26)23-9-5-7-19(15-29)27(23)32-24-11-13-36-34-24/h3-14,16-17H,1-2H3,(H,32,34). The summed E-state index contributed by atoms with van der Waals surface area (Å²) in [5.41, 5.74) is 6.29. The number of aromatic nitrogens is 5. The fourth-order valence-electron chi connectivity index (χ4n) is 4.45. The maximum atomic E-state index is 9.82. The van der Waals surface area contributed by atoms with E-state index in [9.17, 15) is 5.26 Å². The van der Waals surface area contributed by atoms with Crippen molar-refractivity contribution in [2.75, 3.05) is 5.32 Å². The molecule has 0 amide bonds. The van der Waals surface area contributed by atoms with Gasteiger partial charge in [-0.2, -0.15) is 10.4 Å². The molecular formula is C28H21N7O. The van der Waals surface area contributed by atoms with E-state index in [0.29, 0.717) is 28.4 Å². The van der Waals surface area contributed by atoms with Crippen LogP contribution in [0.4, 0.5) is 11.5 Å². The molecule has 36 heavy (non-hydrogen) atoms. The number of para-hydroxylation sites is 2. The summed E-state index contributed by atoms with van der Waals surface area (Å²) in [5, 5.41) is 24.0. The molecule has 2 aromatic carbocycles. The Morgan fingerprint density at radius 3 is 2.72 bits per heavy atom. The van der Waals surface area contributed by atoms with Crippen molar-refractivity contribution in [3.8, 4) is 22.9 Å². The monoisotopic (exact) mass is 471 g/mol. The van der Waals surface area contributed by atoms with Crippen molar-refractivity contribution in [3.05, 3.63) is 90.6 Å². The first-order valence-electron chi connectivity index (χ1n) is 11.6. The number of nitrogens with zero attached hydrogens (tertiary/aromatic N) is 6. The van der Waals surface area contributed by atoms with Gasteiger partial charge in [-0.1, -0.05) is 43.3 Å². The topological polar surface area (TPSA) is 105 Å². The third kappa shape index (κ3) is 3.54. The fraction of sp³-hybridized carbons (Fsp3) is 0.107. The normalized spacial score (nSPS) is 11.3. The average molecular weight is 472 g/mol. The lowest BCUT2D eigenvalue weighted by atomic mass is 9.98. The van der Waals surface area contributed by atoms with Crippen molar-refractivity contribution in [2.45, 2.75) is 19.8 Å². The number of hydrogen-bond acceptors (Lipinski definition) is 7. The zero-order valence-electron chi connectivity index (χ0n) is 19.7. The average Bonchev–Trinajstić information content (AvgIpc) is 3.56. The number of pyridine rings is 2. The summed E-state index contributed by atoms with van der Waals surface area (Å²) >= 11 is 0. The maximum absolute atomic E-state index is 9.82. The van der Waals surface area contributed by atoms with E-state index in [4.69, 9.17) is 14.6 Å². The molecule has 0 fully saturated rings. The van der Waals surface area contributed by atoms with E-state index >= 15 is 0 Å². The zero-order valence-corrected chi connectivity index (χ0v) is 19.7. The second-order valence-corrected chi connectivity index (χ2v) is 8.75. The largest absolute Gasteiger partial charge is 0.363 e. The number of rotatable bonds is 5. The lowest BCUT2D eigenvalue weighted by molar-refractivity contribution is 0.423. The molecule has 8 nitrogen and oxygen atoms in total. The molecule has 0 unspecified atom stereocenters. The van der Waals surface area contributed by atoms with Crippen molar-refractivity contribution in [1.82, 2.24) is 24.9 Å². The molecule has 0 aliphatic heterocycles. The van der Waals surface area contributed by atoms with E-state index in [1.54, 1.807) is 23.0 Å². The fourth-order valence-corrected chi connectivity index (χ4v) is 4.45. The number of nitrogens with one attached hydrogen (secondary N) is 1. The molecule has 0 saturated carbocycles. The molecule has 4 heterocycles. The molecule has 174 valence electrons. The van der Waals surface area contributed by atoms with Crippen molar-refractivity contribution in [2.24, 2.45) is 0 Å². The zero-order chi connectivity index (χ0) is 24.6. The SMILES string of the molecule is CC(C)c1nn(-c2cccc(C#N)c2Nc2ccon2)c2nccc(-c3cnc4ccccc4c3)c12. The lowest BCUT2D eigenvalue weighted by Gasteiger charge is -2.12. The van der Waals surface area contributed by atoms with Crippen molar-refractivity contribution < 1.29 is 4.52 Å². The Hall–Kier alpha value is -5.03. The third-order valence-electron chi connectivity index (χ3n) is 6.13. The second-order valence-electron chi connectivity index (χ2n) is 8.75. The highest BCUT2D eigenvalue weighted by atomic mass is 16.5. The summed E-state index contributed by atoms with van der Waals surface area (Å²) in [6, 6.07) is 21.7. The Kier molecular flexibility index (Phi) is 5.16. The van der Waals surface area contributed by atoms with Crippen LogP contribution in [0.15, 0.2) is 83.8 Å². The molecule has 4 aromatic heterocycles. The Labute approximate surface area is 206 Å². The van der Waals surface area contributed by atoms with E-state index in [-0.39, 0.29) is 5.92 Å². The first kappa shape index (κ1) is 21.5. The molecule has 0 bridgehead atoms. The highest BCUT2D eigenvalue weighted by molar-refractivity contribution is 5.98. The van der Waals surface area contributed by atoms with Crippen LogP contribution in [0.2, 0.25) is 0 Å². The van der Waals surface area contributed by atoms with Gasteiger partial charge < -0.3 is 9.84 Å². The van der Waals surface area contributed by atoms with Gasteiger partial charge in [-0.05, 0) is 41.8 Å². The highest BCUT2D eigenvalue weighted by Crippen LogP contribution is 2.37. The second kappa shape index (κ2) is 8.64. The molecule has 0 radical (unpaired) electrons. The maximum Gasteiger partial charge on any atom is 0.173 e. The first-order valence-corrected chi connectivity index (χ1v) is 11.6. The summed E-state index contributed by atoms with van der Waals surface area (Å²) in [7, 11) is 0. The van der Waals surface area contributed by atoms with Crippen LogP contribution in [0.3, 0.4) is 0 Å². The van der Waals surface area contributed by atoms with Gasteiger partial charge >= 0.3 is 0 Å². The van der Waals surface area contributed by atoms with Gasteiger partial charge in [0.2, 0.25) is 0 Å². The smallest absolute Gasteiger partial charge is 0.173 e. The third-order valence-corrected chi connectivity index (χ3v) is 6.13. The van der Waals surface area contributed by atoms with Crippen molar-refractivity contribution in [3.63, 3.8) is 0 Å². The van der Waals surface area contributed by atoms with Gasteiger partial charge in [-0.15, -0.1) is 0 Å². The molecule has 6 rings (SSSR count). The minimum absolute atomic E-state index is 0.135. The Bertz CT molecular complexity index is 1760. The molecule has 0 spiro atoms. The van der Waals surface area contributed by atoms with Crippen LogP contribution >= 0.6 is 0 Å². The summed E-state index contributed by atoms with van der Waals surface area (Å²) in [6.07, 6.45) is 5.16. The van der Waals surface area contributed by atoms with Gasteiger partial charge in [0.25, 0.3) is 0 Å². The molecule has 0 saturated heterocycles. The molecule has 0 aliphatic carbocycles. The van der Waals surface area contributed by atoms with Crippen LogP contribution in [0.1, 0.15) is 31.0 Å². The van der Waals surface area contributed by atoms with E-state index in [1.165, 1.54) is 6.26 Å². The van der Waals surface area contributed by atoms with Gasteiger partial charge in [-0.3, -0.25) is 4.98 Å². The van der Waals surface area contributed by atoms with Crippen molar-refractivity contribution in [1.29, 1.82) is 5.26 Å². The van der Waals surface area contributed by atoms with Crippen LogP contribution in [0.25, 0.3) is 38.8 Å². The van der Waals surface area contributed by atoms with E-state index < -0.39 is 0 Å². The van der Waals surface area contributed by atoms with Gasteiger partial charge in [-0.25, -0.2) is 9.67 Å². The summed E-state index contributed by atoms with van der Waals surface area (Å²) in [5.74, 6) is 0.631. The molecule has 0 aliphatic rings. The van der Waals surface area contributed by atoms with Gasteiger partial charge in [0.1, 0.15) is 12.3 Å². The summed E-state index contributed by atoms with van der Waals surface area (Å²) < 4.78 is 6.77. The first-order chi connectivity index (χ1) is 17.6. The highest BCUT2D eigenvalue weighted by Gasteiger charge is 2.22. The predicted molar refractivity (Wildman–Crippen MR) is 138 cm³/mol. The number of benzene rings is 2. The van der Waals surface area contributed by atoms with E-state index in [1.807, 2.05) is 42.6 Å². The van der Waals surface area contributed by atoms with Crippen molar-refractivity contribution >= 4 is 33.4 Å². The Morgan fingerprint density at radius 1 is 1.03 bits per heavy atom. The van der Waals surface area contributed by atoms with Gasteiger partial charge in [0, 0.05) is 29.4 Å². The van der Waals surface area contributed by atoms with Crippen LogP contribution < -0.4 is 5.32 Å². The number of hydrogen-bond donors (Lipinski definition) is 1. The molecule has 8 heteroatoms. The van der Waals surface area contributed by atoms with Crippen LogP contribution in [-0.2, 0) is 0 Å². The molecule has 6 aromatic rings. The van der Waals surface area contributed by atoms with E-state index in [2.05, 4.69) is 47.5 Å². The molecule has 1 N–H and O–H groups in total. The van der Waals surface area contributed by atoms with Gasteiger partial charge in [0.05, 0.1) is 33.5 Å². The number of anilines is 2. The molecule has 0 atom stereocenters. The Balaban J connectivity index is 1.61. The Morgan fingerprint density at radius 2 is 1.92 bits per heavy atom. The van der Waals surface area contributed by atoms with Crippen LogP contribution in [0.5, 0.6) is 0 Å². The number of nitriles is 1. The summed E-state index contributed by atoms with van der Waals surface area (Å²) in [6.45, 7) is 4.23. The summed E-state index contributed by atoms with van der Waals surface area (Å²) in [4.78, 5) is 9.41. The van der Waals surface area contributed by atoms with Crippen LogP contribution in [-0.4, -0.2) is 24.9 Å². The minimum Gasteiger partial charge on any atom is -0.363 e.